The lowest BCUT2D eigenvalue weighted by molar-refractivity contribution is -0.243. The van der Waals surface area contributed by atoms with Gasteiger partial charge in [0.2, 0.25) is 17.7 Å². The number of fused-ring (bicyclic) bond motifs is 2. The molecule has 476 valence electrons. The second kappa shape index (κ2) is 27.1. The van der Waals surface area contributed by atoms with Crippen LogP contribution >= 0.6 is 11.3 Å². The molecule has 3 unspecified atom stereocenters. The maximum atomic E-state index is 13.7. The van der Waals surface area contributed by atoms with Crippen molar-refractivity contribution in [2.45, 2.75) is 117 Å². The van der Waals surface area contributed by atoms with Crippen molar-refractivity contribution in [3.8, 4) is 11.3 Å². The average molecular weight is 1260 g/mol. The van der Waals surface area contributed by atoms with Gasteiger partial charge in [0.05, 0.1) is 40.2 Å². The maximum Gasteiger partial charge on any atom is 0.409 e. The molecule has 3 aromatic heterocycles. The molecule has 91 heavy (non-hydrogen) atoms. The highest BCUT2D eigenvalue weighted by atomic mass is 32.1. The van der Waals surface area contributed by atoms with Crippen molar-refractivity contribution in [3.63, 3.8) is 0 Å². The first-order valence-electron chi connectivity index (χ1n) is 30.7. The molecule has 7 amide bonds. The number of benzene rings is 3. The molecule has 6 aromatic rings. The Balaban J connectivity index is 0.692. The predicted molar refractivity (Wildman–Crippen MR) is 346 cm³/mol. The van der Waals surface area contributed by atoms with Crippen molar-refractivity contribution in [1.82, 2.24) is 40.7 Å². The zero-order valence-electron chi connectivity index (χ0n) is 52.0. The lowest BCUT2D eigenvalue weighted by atomic mass is 9.39. The van der Waals surface area contributed by atoms with Crippen molar-refractivity contribution < 1.29 is 52.9 Å². The summed E-state index contributed by atoms with van der Waals surface area (Å²) >= 11 is 1.37. The van der Waals surface area contributed by atoms with Gasteiger partial charge in [-0.25, -0.2) is 19.6 Å². The van der Waals surface area contributed by atoms with Crippen LogP contribution in [0.4, 0.5) is 15.6 Å². The molecule has 0 spiro atoms. The zero-order valence-corrected chi connectivity index (χ0v) is 52.9. The molecule has 4 bridgehead atoms. The van der Waals surface area contributed by atoms with E-state index in [2.05, 4.69) is 55.4 Å². The highest BCUT2D eigenvalue weighted by Crippen LogP contribution is 2.71. The standard InChI is InChI=1S/C68H77N11O11S/c1-41(2)58(76-54(80)14-8-7-11-25-79-56(82)23-24-57(79)83)61(85)71-32-55(81)73-46-19-15-43(16-20-46)33-89-64(88)78(6)26-27-90-68-37-65(4)34-66(5,38-68)36-67(35-65,39-68)40-72-42(3)49(29-69)47-21-22-51(74-59(47)62(86)87)44-17-18-45-30-70-31-50(48(45)28-44)60(84)77-63-75-52-12-9-10-13-53(52)91-63/h9-10,12-13,15-24,28-31,41,58,69,72H,7-8,11,14,25-27,32-40H2,1-6H3,(H,71,85)(H,73,81)(H,76,80)(H,86,87)(H,75,77,84)/b49-42+,69-29?. The van der Waals surface area contributed by atoms with Gasteiger partial charge in [-0.05, 0) is 134 Å². The van der Waals surface area contributed by atoms with E-state index in [-0.39, 0.29) is 77.6 Å². The molecular weight excluding hydrogens is 1180 g/mol. The number of ether oxygens (including phenoxy) is 2. The fourth-order valence-corrected chi connectivity index (χ4v) is 15.5. The minimum Gasteiger partial charge on any atom is -0.476 e. The number of allylic oxidation sites excluding steroid dienone is 2. The number of likely N-dealkylation sites (N-methyl/N-ethyl adjacent to an activating group) is 1. The molecule has 5 aliphatic rings. The van der Waals surface area contributed by atoms with Crippen LogP contribution in [0.25, 0.3) is 37.8 Å². The number of rotatable bonds is 27. The number of hydrogen-bond donors (Lipinski definition) is 7. The number of carbonyl (C=O) groups is 8. The van der Waals surface area contributed by atoms with Crippen LogP contribution in [0.5, 0.6) is 0 Å². The van der Waals surface area contributed by atoms with Gasteiger partial charge in [-0.15, -0.1) is 0 Å². The topological polar surface area (TPSA) is 304 Å². The molecular formula is C68H77N11O11S. The van der Waals surface area contributed by atoms with Crippen LogP contribution < -0.4 is 26.6 Å². The van der Waals surface area contributed by atoms with E-state index in [0.29, 0.717) is 99.8 Å². The molecule has 4 heterocycles. The van der Waals surface area contributed by atoms with E-state index in [4.69, 9.17) is 14.9 Å². The van der Waals surface area contributed by atoms with Crippen LogP contribution in [0.3, 0.4) is 0 Å². The number of pyridine rings is 2. The summed E-state index contributed by atoms with van der Waals surface area (Å²) in [4.78, 5) is 118. The van der Waals surface area contributed by atoms with Gasteiger partial charge in [0, 0.05) is 97.3 Å². The Kier molecular flexibility index (Phi) is 19.3. The number of carboxylic acid groups (broad SMARTS) is 1. The zero-order chi connectivity index (χ0) is 64.8. The second-order valence-corrected chi connectivity index (χ2v) is 26.9. The van der Waals surface area contributed by atoms with Gasteiger partial charge < -0.3 is 46.2 Å². The third kappa shape index (κ3) is 15.2. The molecule has 7 N–H and O–H groups in total. The van der Waals surface area contributed by atoms with E-state index in [9.17, 15) is 43.5 Å². The van der Waals surface area contributed by atoms with E-state index < -0.39 is 35.5 Å². The first kappa shape index (κ1) is 64.8. The smallest absolute Gasteiger partial charge is 0.409 e. The van der Waals surface area contributed by atoms with Crippen molar-refractivity contribution in [3.05, 3.63) is 131 Å². The number of nitrogens with zero attached hydrogens (tertiary/aromatic N) is 5. The van der Waals surface area contributed by atoms with Gasteiger partial charge in [0.1, 0.15) is 12.6 Å². The predicted octanol–water partition coefficient (Wildman–Crippen LogP) is 9.91. The minimum atomic E-state index is -1.25. The number of carboxylic acids is 1. The number of hydrogen-bond acceptors (Lipinski definition) is 16. The van der Waals surface area contributed by atoms with Crippen molar-refractivity contribution >= 4 is 102 Å². The van der Waals surface area contributed by atoms with E-state index in [0.717, 1.165) is 53.6 Å². The number of anilines is 2. The summed E-state index contributed by atoms with van der Waals surface area (Å²) in [6.07, 6.45) is 13.7. The molecule has 3 atom stereocenters. The second-order valence-electron chi connectivity index (χ2n) is 25.9. The van der Waals surface area contributed by atoms with Crippen LogP contribution in [0.1, 0.15) is 131 Å². The fourth-order valence-electron chi connectivity index (χ4n) is 14.6. The van der Waals surface area contributed by atoms with Gasteiger partial charge >= 0.3 is 12.1 Å². The number of unbranched alkanes of at least 4 members (excludes halogenated alkanes) is 2. The summed E-state index contributed by atoms with van der Waals surface area (Å²) in [7, 11) is 1.67. The quantitative estimate of drug-likeness (QED) is 0.0143. The summed E-state index contributed by atoms with van der Waals surface area (Å²) in [5, 5.41) is 35.6. The van der Waals surface area contributed by atoms with E-state index in [1.54, 1.807) is 69.6 Å². The Hall–Kier alpha value is -9.22. The van der Waals surface area contributed by atoms with Crippen LogP contribution in [-0.4, -0.2) is 135 Å². The Morgan fingerprint density at radius 1 is 0.824 bits per heavy atom. The van der Waals surface area contributed by atoms with E-state index in [1.165, 1.54) is 40.8 Å². The Morgan fingerprint density at radius 2 is 1.56 bits per heavy atom. The molecule has 4 aliphatic carbocycles. The lowest BCUT2D eigenvalue weighted by Crippen LogP contribution is -2.65. The first-order valence-corrected chi connectivity index (χ1v) is 31.5. The van der Waals surface area contributed by atoms with Crippen molar-refractivity contribution in [2.24, 2.45) is 22.2 Å². The largest absolute Gasteiger partial charge is 0.476 e. The molecule has 4 saturated carbocycles. The number of imide groups is 1. The average Bonchev–Trinajstić information content (AvgIpc) is 0.984. The summed E-state index contributed by atoms with van der Waals surface area (Å²) < 4.78 is 13.5. The van der Waals surface area contributed by atoms with Crippen LogP contribution in [0.15, 0.2) is 109 Å². The van der Waals surface area contributed by atoms with Gasteiger partial charge in [-0.2, -0.15) is 0 Å². The number of amides is 7. The van der Waals surface area contributed by atoms with Gasteiger partial charge in [-0.3, -0.25) is 44.0 Å². The molecule has 1 aliphatic heterocycles. The van der Waals surface area contributed by atoms with Crippen LogP contribution in [0, 0.1) is 27.6 Å². The van der Waals surface area contributed by atoms with Gasteiger partial charge in [0.25, 0.3) is 17.7 Å². The minimum absolute atomic E-state index is 0.00537. The highest BCUT2D eigenvalue weighted by Gasteiger charge is 2.66. The van der Waals surface area contributed by atoms with Crippen molar-refractivity contribution in [2.75, 3.05) is 50.5 Å². The normalized spacial score (nSPS) is 21.2. The summed E-state index contributed by atoms with van der Waals surface area (Å²) in [6.45, 7) is 11.2. The molecule has 0 saturated heterocycles. The number of thiazole rings is 1. The van der Waals surface area contributed by atoms with Gasteiger partial charge in [-0.1, -0.05) is 81.9 Å². The summed E-state index contributed by atoms with van der Waals surface area (Å²) in [6, 6.07) is 22.4. The molecule has 3 aromatic carbocycles. The Bertz CT molecular complexity index is 3850. The summed E-state index contributed by atoms with van der Waals surface area (Å²) in [5.74, 6) is -3.87. The SMILES string of the molecule is C/C(NCC12CC3(C)CC(C)(C1)CC(OCCN(C)C(=O)OCc1ccc(NC(=O)CNC(=O)C(NC(=O)CCCCCN4C(=O)C=CC4=O)C(C)C)cc1)(C3)C2)=C(/C=N)c1ccc(-c2ccc3cncc(C(=O)Nc4nc5ccccc5s4)c3c2)nc1C(=O)O. The van der Waals surface area contributed by atoms with E-state index in [1.807, 2.05) is 43.3 Å². The Labute approximate surface area is 531 Å². The van der Waals surface area contributed by atoms with E-state index >= 15 is 0 Å². The third-order valence-electron chi connectivity index (χ3n) is 17.8. The molecule has 22 nitrogen and oxygen atoms in total. The number of para-hydroxylation sites is 1. The number of carbonyl (C=O) groups excluding carboxylic acids is 7. The first-order chi connectivity index (χ1) is 43.4. The lowest BCUT2D eigenvalue weighted by Gasteiger charge is -2.69. The maximum absolute atomic E-state index is 13.7. The fraction of sp³-hybridized carbons (Fsp3) is 0.412. The number of aromatic carboxylic acids is 1. The molecule has 4 fully saturated rings. The Morgan fingerprint density at radius 3 is 2.26 bits per heavy atom. The number of aromatic nitrogens is 3. The summed E-state index contributed by atoms with van der Waals surface area (Å²) in [5.41, 5.74) is 3.77. The monoisotopic (exact) mass is 1260 g/mol. The van der Waals surface area contributed by atoms with Crippen LogP contribution in [0.2, 0.25) is 0 Å². The molecule has 23 heteroatoms. The van der Waals surface area contributed by atoms with Gasteiger partial charge in [0.15, 0.2) is 10.8 Å². The third-order valence-corrected chi connectivity index (χ3v) is 18.7. The number of nitrogens with one attached hydrogen (secondary N) is 6. The highest BCUT2D eigenvalue weighted by molar-refractivity contribution is 7.22. The van der Waals surface area contributed by atoms with Crippen molar-refractivity contribution in [1.29, 1.82) is 5.41 Å². The van der Waals surface area contributed by atoms with Crippen LogP contribution in [-0.2, 0) is 40.1 Å². The molecule has 11 rings (SSSR count). The molecule has 0 radical (unpaired) electrons.